The molecule has 15 heavy (non-hydrogen) atoms. The highest BCUT2D eigenvalue weighted by Gasteiger charge is 2.14. The van der Waals surface area contributed by atoms with Crippen LogP contribution in [-0.4, -0.2) is 5.11 Å². The lowest BCUT2D eigenvalue weighted by atomic mass is 10.0. The van der Waals surface area contributed by atoms with Gasteiger partial charge < -0.3 is 10.8 Å². The molecule has 1 atom stereocenters. The molecule has 0 aromatic heterocycles. The molecule has 0 bridgehead atoms. The van der Waals surface area contributed by atoms with Crippen molar-refractivity contribution < 1.29 is 5.11 Å². The Morgan fingerprint density at radius 1 is 1.47 bits per heavy atom. The highest BCUT2D eigenvalue weighted by molar-refractivity contribution is 6.43. The summed E-state index contributed by atoms with van der Waals surface area (Å²) in [5, 5.41) is 10.1. The Bertz CT molecular complexity index is 355. The number of hydrogen-bond donors (Lipinski definition) is 2. The van der Waals surface area contributed by atoms with Crippen LogP contribution in [0.25, 0.3) is 0 Å². The number of rotatable bonds is 3. The summed E-state index contributed by atoms with van der Waals surface area (Å²) in [5.74, 6) is -0.0477. The fourth-order valence-electron chi connectivity index (χ4n) is 1.16. The lowest BCUT2D eigenvalue weighted by molar-refractivity contribution is 0.462. The van der Waals surface area contributed by atoms with Crippen molar-refractivity contribution >= 4 is 35.6 Å². The molecule has 0 heterocycles. The lowest BCUT2D eigenvalue weighted by Crippen LogP contribution is -2.09. The Balaban J connectivity index is 0.00000196. The summed E-state index contributed by atoms with van der Waals surface area (Å²) in [7, 11) is 0. The molecule has 1 aromatic rings. The molecule has 0 saturated heterocycles. The van der Waals surface area contributed by atoms with Crippen LogP contribution >= 0.6 is 35.6 Å². The van der Waals surface area contributed by atoms with Gasteiger partial charge in [0.2, 0.25) is 0 Å². The van der Waals surface area contributed by atoms with E-state index in [2.05, 4.69) is 6.58 Å². The quantitative estimate of drug-likeness (QED) is 0.821. The van der Waals surface area contributed by atoms with E-state index in [4.69, 9.17) is 28.9 Å². The van der Waals surface area contributed by atoms with Crippen LogP contribution < -0.4 is 5.73 Å². The summed E-state index contributed by atoms with van der Waals surface area (Å²) >= 11 is 11.5. The number of phenols is 1. The van der Waals surface area contributed by atoms with Crippen molar-refractivity contribution in [1.29, 1.82) is 0 Å². The van der Waals surface area contributed by atoms with Crippen molar-refractivity contribution in [2.75, 3.05) is 0 Å². The monoisotopic (exact) mass is 267 g/mol. The van der Waals surface area contributed by atoms with Crippen LogP contribution in [0.5, 0.6) is 5.75 Å². The van der Waals surface area contributed by atoms with Gasteiger partial charge in [0.1, 0.15) is 10.8 Å². The summed E-state index contributed by atoms with van der Waals surface area (Å²) in [6.45, 7) is 3.58. The molecule has 1 rings (SSSR count). The van der Waals surface area contributed by atoms with E-state index >= 15 is 0 Å². The number of phenolic OH excluding ortho intramolecular Hbond substituents is 1. The minimum Gasteiger partial charge on any atom is -0.506 e. The Labute approximate surface area is 105 Å². The second-order valence-corrected chi connectivity index (χ2v) is 3.72. The minimum absolute atomic E-state index is 0. The SMILES string of the molecule is C=CC[C@@H](N)c1ccc(Cl)c(Cl)c1O.Cl. The van der Waals surface area contributed by atoms with E-state index < -0.39 is 0 Å². The molecule has 0 aliphatic heterocycles. The molecule has 0 aliphatic carbocycles. The molecule has 0 fully saturated rings. The molecule has 84 valence electrons. The first-order valence-electron chi connectivity index (χ1n) is 4.11. The van der Waals surface area contributed by atoms with Gasteiger partial charge in [-0.3, -0.25) is 0 Å². The number of benzene rings is 1. The van der Waals surface area contributed by atoms with Crippen LogP contribution in [0.4, 0.5) is 0 Å². The Kier molecular flexibility index (Phi) is 6.06. The lowest BCUT2D eigenvalue weighted by Gasteiger charge is -2.12. The maximum Gasteiger partial charge on any atom is 0.140 e. The molecule has 1 aromatic carbocycles. The summed E-state index contributed by atoms with van der Waals surface area (Å²) < 4.78 is 0. The first kappa shape index (κ1) is 14.6. The van der Waals surface area contributed by atoms with Crippen LogP contribution in [0.3, 0.4) is 0 Å². The van der Waals surface area contributed by atoms with Crippen LogP contribution in [0.1, 0.15) is 18.0 Å². The van der Waals surface area contributed by atoms with Crippen LogP contribution in [0, 0.1) is 0 Å². The average molecular weight is 269 g/mol. The van der Waals surface area contributed by atoms with E-state index in [1.54, 1.807) is 18.2 Å². The second kappa shape index (κ2) is 6.23. The third-order valence-electron chi connectivity index (χ3n) is 1.92. The Morgan fingerprint density at radius 2 is 2.07 bits per heavy atom. The van der Waals surface area contributed by atoms with Crippen molar-refractivity contribution in [1.82, 2.24) is 0 Å². The highest BCUT2D eigenvalue weighted by atomic mass is 35.5. The standard InChI is InChI=1S/C10H11Cl2NO.ClH/c1-2-3-8(13)6-4-5-7(11)9(12)10(6)14;/h2,4-5,8,14H,1,3,13H2;1H/t8-;/m1./s1. The van der Waals surface area contributed by atoms with Gasteiger partial charge in [-0.15, -0.1) is 19.0 Å². The molecule has 2 nitrogen and oxygen atoms in total. The van der Waals surface area contributed by atoms with Crippen molar-refractivity contribution in [2.24, 2.45) is 5.73 Å². The van der Waals surface area contributed by atoms with Crippen LogP contribution in [-0.2, 0) is 0 Å². The van der Waals surface area contributed by atoms with Gasteiger partial charge in [-0.05, 0) is 12.5 Å². The van der Waals surface area contributed by atoms with E-state index in [-0.39, 0.29) is 29.2 Å². The first-order valence-corrected chi connectivity index (χ1v) is 4.86. The number of aromatic hydroxyl groups is 1. The maximum atomic E-state index is 9.64. The first-order chi connectivity index (χ1) is 6.57. The fraction of sp³-hybridized carbons (Fsp3) is 0.200. The molecular formula is C10H12Cl3NO. The summed E-state index contributed by atoms with van der Waals surface area (Å²) in [5.41, 5.74) is 6.38. The number of halogens is 3. The van der Waals surface area contributed by atoms with Gasteiger partial charge in [0.15, 0.2) is 0 Å². The topological polar surface area (TPSA) is 46.2 Å². The molecule has 3 N–H and O–H groups in total. The predicted molar refractivity (Wildman–Crippen MR) is 67.1 cm³/mol. The zero-order chi connectivity index (χ0) is 10.7. The zero-order valence-electron chi connectivity index (χ0n) is 7.91. The normalized spacial score (nSPS) is 11.7. The van der Waals surface area contributed by atoms with Crippen molar-refractivity contribution in [3.05, 3.63) is 40.4 Å². The molecule has 5 heteroatoms. The zero-order valence-corrected chi connectivity index (χ0v) is 10.2. The van der Waals surface area contributed by atoms with Gasteiger partial charge in [0, 0.05) is 11.6 Å². The average Bonchev–Trinajstić information content (AvgIpc) is 2.15. The van der Waals surface area contributed by atoms with Gasteiger partial charge in [0.05, 0.1) is 5.02 Å². The Morgan fingerprint density at radius 3 is 2.60 bits per heavy atom. The molecule has 0 spiro atoms. The summed E-state index contributed by atoms with van der Waals surface area (Å²) in [4.78, 5) is 0. The highest BCUT2D eigenvalue weighted by Crippen LogP contribution is 2.36. The van der Waals surface area contributed by atoms with E-state index in [9.17, 15) is 5.11 Å². The van der Waals surface area contributed by atoms with E-state index in [1.165, 1.54) is 0 Å². The largest absolute Gasteiger partial charge is 0.506 e. The molecular weight excluding hydrogens is 256 g/mol. The van der Waals surface area contributed by atoms with Gasteiger partial charge in [-0.1, -0.05) is 35.3 Å². The van der Waals surface area contributed by atoms with Crippen LogP contribution in [0.2, 0.25) is 10.0 Å². The van der Waals surface area contributed by atoms with Gasteiger partial charge in [-0.25, -0.2) is 0 Å². The maximum absolute atomic E-state index is 9.64. The third kappa shape index (κ3) is 3.28. The molecule has 0 aliphatic rings. The third-order valence-corrected chi connectivity index (χ3v) is 2.71. The van der Waals surface area contributed by atoms with E-state index in [0.29, 0.717) is 17.0 Å². The van der Waals surface area contributed by atoms with E-state index in [0.717, 1.165) is 0 Å². The van der Waals surface area contributed by atoms with Crippen LogP contribution in [0.15, 0.2) is 24.8 Å². The minimum atomic E-state index is -0.303. The van der Waals surface area contributed by atoms with Crippen molar-refractivity contribution in [3.63, 3.8) is 0 Å². The van der Waals surface area contributed by atoms with Gasteiger partial charge >= 0.3 is 0 Å². The summed E-state index contributed by atoms with van der Waals surface area (Å²) in [6.07, 6.45) is 2.26. The van der Waals surface area contributed by atoms with Crippen molar-refractivity contribution in [3.8, 4) is 5.75 Å². The van der Waals surface area contributed by atoms with Gasteiger partial charge in [-0.2, -0.15) is 0 Å². The molecule has 0 unspecified atom stereocenters. The second-order valence-electron chi connectivity index (χ2n) is 2.93. The molecule has 0 radical (unpaired) electrons. The smallest absolute Gasteiger partial charge is 0.140 e. The molecule has 0 saturated carbocycles. The Hall–Kier alpha value is -0.410. The van der Waals surface area contributed by atoms with Crippen molar-refractivity contribution in [2.45, 2.75) is 12.5 Å². The molecule has 0 amide bonds. The predicted octanol–water partition coefficient (Wildman–Crippen LogP) is 3.70. The number of nitrogens with two attached hydrogens (primary N) is 1. The fourth-order valence-corrected chi connectivity index (χ4v) is 1.49. The summed E-state index contributed by atoms with van der Waals surface area (Å²) in [6, 6.07) is 2.97. The van der Waals surface area contributed by atoms with E-state index in [1.807, 2.05) is 0 Å². The van der Waals surface area contributed by atoms with Gasteiger partial charge in [0.25, 0.3) is 0 Å². The number of hydrogen-bond acceptors (Lipinski definition) is 2.